The fourth-order valence-corrected chi connectivity index (χ4v) is 1.35. The van der Waals surface area contributed by atoms with Crippen molar-refractivity contribution in [2.24, 2.45) is 0 Å². The van der Waals surface area contributed by atoms with Gasteiger partial charge >= 0.3 is 0 Å². The molecule has 104 valence electrons. The Morgan fingerprint density at radius 2 is 2.05 bits per heavy atom. The monoisotopic (exact) mass is 268 g/mol. The van der Waals surface area contributed by atoms with E-state index < -0.39 is 17.3 Å². The van der Waals surface area contributed by atoms with Gasteiger partial charge in [-0.05, 0) is 26.8 Å². The molecule has 0 aromatic carbocycles. The summed E-state index contributed by atoms with van der Waals surface area (Å²) < 4.78 is 13.5. The lowest BCUT2D eigenvalue weighted by molar-refractivity contribution is -0.121. The van der Waals surface area contributed by atoms with E-state index in [1.165, 1.54) is 12.3 Å². The quantitative estimate of drug-likeness (QED) is 0.741. The molecule has 0 atom stereocenters. The number of nitrogen functional groups attached to an aromatic ring is 1. The van der Waals surface area contributed by atoms with Crippen molar-refractivity contribution in [1.82, 2.24) is 15.6 Å². The first-order chi connectivity index (χ1) is 8.70. The summed E-state index contributed by atoms with van der Waals surface area (Å²) in [6.07, 6.45) is 1.22. The Kier molecular flexibility index (Phi) is 4.42. The van der Waals surface area contributed by atoms with Crippen molar-refractivity contribution in [2.75, 3.05) is 12.3 Å². The predicted molar refractivity (Wildman–Crippen MR) is 68.8 cm³/mol. The van der Waals surface area contributed by atoms with Crippen LogP contribution in [0.25, 0.3) is 0 Å². The fraction of sp³-hybridized carbons (Fsp3) is 0.417. The van der Waals surface area contributed by atoms with Crippen molar-refractivity contribution in [3.05, 3.63) is 23.6 Å². The summed E-state index contributed by atoms with van der Waals surface area (Å²) in [5.41, 5.74) is 4.62. The number of hydrogen-bond donors (Lipinski definition) is 3. The Hall–Kier alpha value is -2.18. The number of anilines is 1. The third-order valence-electron chi connectivity index (χ3n) is 2.08. The maximum Gasteiger partial charge on any atom is 0.254 e. The Bertz CT molecular complexity index is 497. The number of halogens is 1. The number of amides is 2. The number of nitrogens with one attached hydrogen (secondary N) is 2. The van der Waals surface area contributed by atoms with E-state index in [1.54, 1.807) is 0 Å². The number of aromatic nitrogens is 1. The maximum atomic E-state index is 13.5. The second kappa shape index (κ2) is 5.64. The number of rotatable bonds is 3. The Balaban J connectivity index is 2.61. The van der Waals surface area contributed by atoms with E-state index in [9.17, 15) is 14.0 Å². The third-order valence-corrected chi connectivity index (χ3v) is 2.08. The van der Waals surface area contributed by atoms with Gasteiger partial charge in [-0.25, -0.2) is 9.37 Å². The molecular formula is C12H17FN4O2. The van der Waals surface area contributed by atoms with E-state index in [0.29, 0.717) is 0 Å². The highest BCUT2D eigenvalue weighted by atomic mass is 19.1. The SMILES string of the molecule is CC(C)(C)NC(=O)CNC(=O)c1ccnc(N)c1F. The molecule has 2 amide bonds. The van der Waals surface area contributed by atoms with Gasteiger partial charge < -0.3 is 16.4 Å². The zero-order chi connectivity index (χ0) is 14.6. The molecule has 0 fully saturated rings. The molecule has 4 N–H and O–H groups in total. The minimum absolute atomic E-state index is 0.238. The molecule has 1 rings (SSSR count). The van der Waals surface area contributed by atoms with E-state index in [-0.39, 0.29) is 23.8 Å². The molecule has 6 nitrogen and oxygen atoms in total. The lowest BCUT2D eigenvalue weighted by Gasteiger charge is -2.20. The Morgan fingerprint density at radius 3 is 2.63 bits per heavy atom. The molecule has 7 heteroatoms. The first kappa shape index (κ1) is 14.9. The molecule has 0 unspecified atom stereocenters. The first-order valence-electron chi connectivity index (χ1n) is 5.70. The average Bonchev–Trinajstić information content (AvgIpc) is 2.27. The molecule has 19 heavy (non-hydrogen) atoms. The van der Waals surface area contributed by atoms with Crippen molar-refractivity contribution in [3.63, 3.8) is 0 Å². The van der Waals surface area contributed by atoms with Gasteiger partial charge in [0.15, 0.2) is 11.6 Å². The van der Waals surface area contributed by atoms with E-state index in [1.807, 2.05) is 20.8 Å². The van der Waals surface area contributed by atoms with Gasteiger partial charge in [0.2, 0.25) is 5.91 Å². The zero-order valence-electron chi connectivity index (χ0n) is 11.1. The van der Waals surface area contributed by atoms with Crippen LogP contribution in [0, 0.1) is 5.82 Å². The van der Waals surface area contributed by atoms with Crippen molar-refractivity contribution in [1.29, 1.82) is 0 Å². The average molecular weight is 268 g/mol. The van der Waals surface area contributed by atoms with Gasteiger partial charge in [-0.3, -0.25) is 9.59 Å². The topological polar surface area (TPSA) is 97.1 Å². The number of nitrogens with zero attached hydrogens (tertiary/aromatic N) is 1. The van der Waals surface area contributed by atoms with Crippen LogP contribution in [0.15, 0.2) is 12.3 Å². The Labute approximate surface area is 110 Å². The highest BCUT2D eigenvalue weighted by Gasteiger charge is 2.17. The highest BCUT2D eigenvalue weighted by Crippen LogP contribution is 2.11. The van der Waals surface area contributed by atoms with Gasteiger partial charge in [0.05, 0.1) is 12.1 Å². The number of carbonyl (C=O) groups is 2. The van der Waals surface area contributed by atoms with Crippen molar-refractivity contribution >= 4 is 17.6 Å². The van der Waals surface area contributed by atoms with Crippen LogP contribution >= 0.6 is 0 Å². The van der Waals surface area contributed by atoms with E-state index in [0.717, 1.165) is 0 Å². The van der Waals surface area contributed by atoms with Gasteiger partial charge in [0, 0.05) is 11.7 Å². The summed E-state index contributed by atoms with van der Waals surface area (Å²) in [6, 6.07) is 1.20. The molecule has 1 aromatic heterocycles. The van der Waals surface area contributed by atoms with E-state index >= 15 is 0 Å². The third kappa shape index (κ3) is 4.53. The van der Waals surface area contributed by atoms with Gasteiger partial charge in [-0.15, -0.1) is 0 Å². The van der Waals surface area contributed by atoms with Gasteiger partial charge in [-0.1, -0.05) is 0 Å². The van der Waals surface area contributed by atoms with Gasteiger partial charge in [0.25, 0.3) is 5.91 Å². The van der Waals surface area contributed by atoms with Gasteiger partial charge in [0.1, 0.15) is 0 Å². The summed E-state index contributed by atoms with van der Waals surface area (Å²) in [4.78, 5) is 26.7. The molecule has 0 aliphatic heterocycles. The van der Waals surface area contributed by atoms with Crippen LogP contribution < -0.4 is 16.4 Å². The van der Waals surface area contributed by atoms with Gasteiger partial charge in [-0.2, -0.15) is 0 Å². The first-order valence-corrected chi connectivity index (χ1v) is 5.70. The summed E-state index contributed by atoms with van der Waals surface area (Å²) in [5, 5.41) is 4.98. The number of nitrogens with two attached hydrogens (primary N) is 1. The largest absolute Gasteiger partial charge is 0.381 e. The predicted octanol–water partition coefficient (Wildman–Crippen LogP) is 0.447. The second-order valence-electron chi connectivity index (χ2n) is 5.04. The number of hydrogen-bond acceptors (Lipinski definition) is 4. The van der Waals surface area contributed by atoms with Crippen LogP contribution in [-0.2, 0) is 4.79 Å². The standard InChI is InChI=1S/C12H17FN4O2/c1-12(2,3)17-8(18)6-16-11(19)7-4-5-15-10(14)9(7)13/h4-5H,6H2,1-3H3,(H2,14,15)(H,16,19)(H,17,18). The second-order valence-corrected chi connectivity index (χ2v) is 5.04. The molecule has 1 heterocycles. The highest BCUT2D eigenvalue weighted by molar-refractivity contribution is 5.97. The minimum atomic E-state index is -0.892. The Morgan fingerprint density at radius 1 is 1.42 bits per heavy atom. The van der Waals surface area contributed by atoms with Crippen molar-refractivity contribution in [3.8, 4) is 0 Å². The van der Waals surface area contributed by atoms with Crippen LogP contribution in [0.2, 0.25) is 0 Å². The molecule has 0 bridgehead atoms. The molecule has 0 aliphatic carbocycles. The van der Waals surface area contributed by atoms with Crippen LogP contribution in [-0.4, -0.2) is 28.9 Å². The van der Waals surface area contributed by atoms with Crippen molar-refractivity contribution < 1.29 is 14.0 Å². The fourth-order valence-electron chi connectivity index (χ4n) is 1.35. The molecule has 1 aromatic rings. The summed E-state index contributed by atoms with van der Waals surface area (Å²) >= 11 is 0. The minimum Gasteiger partial charge on any atom is -0.381 e. The van der Waals surface area contributed by atoms with E-state index in [4.69, 9.17) is 5.73 Å². The van der Waals surface area contributed by atoms with Crippen LogP contribution in [0.1, 0.15) is 31.1 Å². The molecular weight excluding hydrogens is 251 g/mol. The smallest absolute Gasteiger partial charge is 0.254 e. The molecule has 0 saturated carbocycles. The van der Waals surface area contributed by atoms with Crippen molar-refractivity contribution in [2.45, 2.75) is 26.3 Å². The normalized spacial score (nSPS) is 10.9. The van der Waals surface area contributed by atoms with Crippen LogP contribution in [0.3, 0.4) is 0 Å². The lowest BCUT2D eigenvalue weighted by atomic mass is 10.1. The number of pyridine rings is 1. The lowest BCUT2D eigenvalue weighted by Crippen LogP contribution is -2.45. The molecule has 0 radical (unpaired) electrons. The number of carbonyl (C=O) groups excluding carboxylic acids is 2. The molecule has 0 spiro atoms. The molecule has 0 aliphatic rings. The zero-order valence-corrected chi connectivity index (χ0v) is 11.1. The van der Waals surface area contributed by atoms with E-state index in [2.05, 4.69) is 15.6 Å². The summed E-state index contributed by atoms with van der Waals surface area (Å²) in [7, 11) is 0. The molecule has 0 saturated heterocycles. The summed E-state index contributed by atoms with van der Waals surface area (Å²) in [6.45, 7) is 5.21. The van der Waals surface area contributed by atoms with Crippen LogP contribution in [0.4, 0.5) is 10.2 Å². The maximum absolute atomic E-state index is 13.5. The van der Waals surface area contributed by atoms with Crippen LogP contribution in [0.5, 0.6) is 0 Å². The summed E-state index contributed by atoms with van der Waals surface area (Å²) in [5.74, 6) is -2.32.